The number of carbonyl (C=O) groups excluding carboxylic acids is 1. The molecular formula is C18H16FN7O. The summed E-state index contributed by atoms with van der Waals surface area (Å²) in [6, 6.07) is 8.04. The number of nitrogens with one attached hydrogen (secondary N) is 1. The Labute approximate surface area is 153 Å². The molecule has 0 aliphatic carbocycles. The van der Waals surface area contributed by atoms with Crippen LogP contribution in [-0.2, 0) is 6.54 Å². The standard InChI is InChI=1S/C18H16FN7O/c1-11-15(12(2)26(23-11)10-13-5-3-6-14(19)9-13)21-17(27)16-22-18-20-7-4-8-25(18)24-16/h3-9H,10H2,1-2H3,(H,21,27). The molecular weight excluding hydrogens is 349 g/mol. The summed E-state index contributed by atoms with van der Waals surface area (Å²) in [4.78, 5) is 20.7. The SMILES string of the molecule is Cc1nn(Cc2cccc(F)c2)c(C)c1NC(=O)c1nc2ncccn2n1. The number of anilines is 1. The van der Waals surface area contributed by atoms with Crippen molar-refractivity contribution in [2.24, 2.45) is 0 Å². The summed E-state index contributed by atoms with van der Waals surface area (Å²) < 4.78 is 16.5. The first-order chi connectivity index (χ1) is 13.0. The maximum Gasteiger partial charge on any atom is 0.295 e. The molecule has 4 aromatic rings. The zero-order valence-electron chi connectivity index (χ0n) is 14.7. The van der Waals surface area contributed by atoms with Crippen molar-refractivity contribution in [3.05, 3.63) is 71.3 Å². The smallest absolute Gasteiger partial charge is 0.295 e. The Balaban J connectivity index is 1.58. The summed E-state index contributed by atoms with van der Waals surface area (Å²) in [7, 11) is 0. The van der Waals surface area contributed by atoms with Gasteiger partial charge in [0.2, 0.25) is 5.82 Å². The maximum absolute atomic E-state index is 13.4. The first-order valence-electron chi connectivity index (χ1n) is 8.28. The Morgan fingerprint density at radius 2 is 2.07 bits per heavy atom. The molecule has 0 aliphatic rings. The molecule has 3 aromatic heterocycles. The van der Waals surface area contributed by atoms with Crippen LogP contribution >= 0.6 is 0 Å². The Morgan fingerprint density at radius 3 is 2.85 bits per heavy atom. The lowest BCUT2D eigenvalue weighted by Gasteiger charge is -2.06. The van der Waals surface area contributed by atoms with Crippen molar-refractivity contribution in [2.45, 2.75) is 20.4 Å². The molecule has 0 aliphatic heterocycles. The van der Waals surface area contributed by atoms with E-state index in [-0.39, 0.29) is 11.6 Å². The summed E-state index contributed by atoms with van der Waals surface area (Å²) in [6.07, 6.45) is 3.25. The fraction of sp³-hybridized carbons (Fsp3) is 0.167. The second-order valence-corrected chi connectivity index (χ2v) is 6.09. The number of carbonyl (C=O) groups is 1. The zero-order chi connectivity index (χ0) is 19.0. The molecule has 0 atom stereocenters. The van der Waals surface area contributed by atoms with E-state index in [9.17, 15) is 9.18 Å². The monoisotopic (exact) mass is 365 g/mol. The van der Waals surface area contributed by atoms with Gasteiger partial charge in [-0.2, -0.15) is 10.1 Å². The van der Waals surface area contributed by atoms with Crippen LogP contribution in [0.4, 0.5) is 10.1 Å². The second kappa shape index (κ2) is 6.60. The summed E-state index contributed by atoms with van der Waals surface area (Å²) in [5.41, 5.74) is 2.78. The van der Waals surface area contributed by atoms with Crippen LogP contribution in [0.25, 0.3) is 5.78 Å². The molecule has 136 valence electrons. The summed E-state index contributed by atoms with van der Waals surface area (Å²) in [6.45, 7) is 4.04. The summed E-state index contributed by atoms with van der Waals surface area (Å²) >= 11 is 0. The summed E-state index contributed by atoms with van der Waals surface area (Å²) in [5.74, 6) is -0.380. The largest absolute Gasteiger partial charge is 0.316 e. The Kier molecular flexibility index (Phi) is 4.11. The molecule has 0 saturated heterocycles. The van der Waals surface area contributed by atoms with Crippen molar-refractivity contribution in [1.82, 2.24) is 29.4 Å². The molecule has 0 fully saturated rings. The van der Waals surface area contributed by atoms with E-state index in [1.807, 2.05) is 13.0 Å². The minimum absolute atomic E-state index is 0.0189. The van der Waals surface area contributed by atoms with Crippen LogP contribution in [0.2, 0.25) is 0 Å². The average Bonchev–Trinajstić information content (AvgIpc) is 3.19. The number of aromatic nitrogens is 6. The number of hydrogen-bond acceptors (Lipinski definition) is 5. The van der Waals surface area contributed by atoms with Gasteiger partial charge in [0.25, 0.3) is 11.7 Å². The molecule has 1 aromatic carbocycles. The molecule has 0 saturated carbocycles. The number of halogens is 1. The minimum Gasteiger partial charge on any atom is -0.316 e. The van der Waals surface area contributed by atoms with Gasteiger partial charge in [-0.3, -0.25) is 9.48 Å². The molecule has 1 N–H and O–H groups in total. The van der Waals surface area contributed by atoms with E-state index in [4.69, 9.17) is 0 Å². The maximum atomic E-state index is 13.4. The van der Waals surface area contributed by atoms with Crippen molar-refractivity contribution >= 4 is 17.4 Å². The molecule has 8 nitrogen and oxygen atoms in total. The molecule has 3 heterocycles. The number of aryl methyl sites for hydroxylation is 1. The fourth-order valence-corrected chi connectivity index (χ4v) is 2.84. The number of nitrogens with zero attached hydrogens (tertiary/aromatic N) is 6. The zero-order valence-corrected chi connectivity index (χ0v) is 14.7. The van der Waals surface area contributed by atoms with Gasteiger partial charge in [0, 0.05) is 12.4 Å². The van der Waals surface area contributed by atoms with Gasteiger partial charge < -0.3 is 5.32 Å². The predicted octanol–water partition coefficient (Wildman–Crippen LogP) is 2.38. The van der Waals surface area contributed by atoms with Gasteiger partial charge in [0.15, 0.2) is 0 Å². The van der Waals surface area contributed by atoms with Gasteiger partial charge >= 0.3 is 0 Å². The van der Waals surface area contributed by atoms with Gasteiger partial charge in [0.1, 0.15) is 5.82 Å². The minimum atomic E-state index is -0.447. The Bertz CT molecular complexity index is 1110. The highest BCUT2D eigenvalue weighted by Gasteiger charge is 2.19. The second-order valence-electron chi connectivity index (χ2n) is 6.09. The lowest BCUT2D eigenvalue weighted by Crippen LogP contribution is -2.15. The highest BCUT2D eigenvalue weighted by atomic mass is 19.1. The van der Waals surface area contributed by atoms with E-state index in [0.29, 0.717) is 23.7 Å². The molecule has 0 bridgehead atoms. The Hall–Kier alpha value is -3.62. The third-order valence-corrected chi connectivity index (χ3v) is 4.16. The van der Waals surface area contributed by atoms with E-state index < -0.39 is 5.91 Å². The molecule has 9 heteroatoms. The average molecular weight is 365 g/mol. The lowest BCUT2D eigenvalue weighted by atomic mass is 10.2. The van der Waals surface area contributed by atoms with Crippen LogP contribution in [0.3, 0.4) is 0 Å². The first kappa shape index (κ1) is 16.8. The summed E-state index contributed by atoms with van der Waals surface area (Å²) in [5, 5.41) is 11.4. The van der Waals surface area contributed by atoms with Gasteiger partial charge in [-0.05, 0) is 37.6 Å². The van der Waals surface area contributed by atoms with Crippen molar-refractivity contribution in [3.8, 4) is 0 Å². The molecule has 1 amide bonds. The van der Waals surface area contributed by atoms with Crippen LogP contribution in [0.5, 0.6) is 0 Å². The van der Waals surface area contributed by atoms with Crippen molar-refractivity contribution in [1.29, 1.82) is 0 Å². The molecule has 27 heavy (non-hydrogen) atoms. The molecule has 0 radical (unpaired) electrons. The highest BCUT2D eigenvalue weighted by molar-refractivity contribution is 6.02. The molecule has 0 unspecified atom stereocenters. The van der Waals surface area contributed by atoms with E-state index in [2.05, 4.69) is 25.5 Å². The predicted molar refractivity (Wildman–Crippen MR) is 95.9 cm³/mol. The van der Waals surface area contributed by atoms with Crippen molar-refractivity contribution in [2.75, 3.05) is 5.32 Å². The first-order valence-corrected chi connectivity index (χ1v) is 8.28. The van der Waals surface area contributed by atoms with Gasteiger partial charge in [-0.25, -0.2) is 13.9 Å². The quantitative estimate of drug-likeness (QED) is 0.600. The van der Waals surface area contributed by atoms with Crippen LogP contribution in [0, 0.1) is 19.7 Å². The number of hydrogen-bond donors (Lipinski definition) is 1. The van der Waals surface area contributed by atoms with Gasteiger partial charge in [0.05, 0.1) is 23.6 Å². The van der Waals surface area contributed by atoms with Crippen LogP contribution in [0.1, 0.15) is 27.6 Å². The topological polar surface area (TPSA) is 90.0 Å². The third kappa shape index (κ3) is 3.26. The van der Waals surface area contributed by atoms with Crippen molar-refractivity contribution in [3.63, 3.8) is 0 Å². The Morgan fingerprint density at radius 1 is 1.22 bits per heavy atom. The van der Waals surface area contributed by atoms with Crippen LogP contribution < -0.4 is 5.32 Å². The lowest BCUT2D eigenvalue weighted by molar-refractivity contribution is 0.101. The number of fused-ring (bicyclic) bond motifs is 1. The van der Waals surface area contributed by atoms with E-state index in [1.54, 1.807) is 36.1 Å². The van der Waals surface area contributed by atoms with Gasteiger partial charge in [-0.15, -0.1) is 5.10 Å². The third-order valence-electron chi connectivity index (χ3n) is 4.16. The number of rotatable bonds is 4. The van der Waals surface area contributed by atoms with E-state index in [1.165, 1.54) is 16.6 Å². The normalized spacial score (nSPS) is 11.1. The molecule has 0 spiro atoms. The van der Waals surface area contributed by atoms with Gasteiger partial charge in [-0.1, -0.05) is 12.1 Å². The van der Waals surface area contributed by atoms with Crippen LogP contribution in [0.15, 0.2) is 42.7 Å². The van der Waals surface area contributed by atoms with Crippen LogP contribution in [-0.4, -0.2) is 35.3 Å². The van der Waals surface area contributed by atoms with E-state index >= 15 is 0 Å². The fourth-order valence-electron chi connectivity index (χ4n) is 2.84. The highest BCUT2D eigenvalue weighted by Crippen LogP contribution is 2.21. The number of benzene rings is 1. The molecule has 4 rings (SSSR count). The number of amides is 1. The van der Waals surface area contributed by atoms with Crippen molar-refractivity contribution < 1.29 is 9.18 Å². The van der Waals surface area contributed by atoms with E-state index in [0.717, 1.165) is 11.3 Å².